The van der Waals surface area contributed by atoms with Crippen LogP contribution in [0.5, 0.6) is 5.75 Å². The number of nitrogens with one attached hydrogen (secondary N) is 1. The average molecular weight is 415 g/mol. The number of hydrogen-bond acceptors (Lipinski definition) is 4. The lowest BCUT2D eigenvalue weighted by atomic mass is 10.0. The summed E-state index contributed by atoms with van der Waals surface area (Å²) < 4.78 is 6.25. The van der Waals surface area contributed by atoms with E-state index in [4.69, 9.17) is 4.74 Å². The molecule has 0 aliphatic heterocycles. The molecule has 0 fully saturated rings. The van der Waals surface area contributed by atoms with Gasteiger partial charge in [0.2, 0.25) is 0 Å². The van der Waals surface area contributed by atoms with Crippen molar-refractivity contribution in [2.45, 2.75) is 13.3 Å². The highest BCUT2D eigenvalue weighted by Crippen LogP contribution is 2.37. The number of H-pyrrole nitrogens is 1. The van der Waals surface area contributed by atoms with E-state index in [9.17, 15) is 10.1 Å². The maximum Gasteiger partial charge on any atom is 0.267 e. The van der Waals surface area contributed by atoms with Crippen molar-refractivity contribution >= 4 is 27.3 Å². The minimum atomic E-state index is -0.389. The molecule has 126 valence electrons. The highest BCUT2D eigenvalue weighted by Gasteiger charge is 2.16. The summed E-state index contributed by atoms with van der Waals surface area (Å²) in [6.45, 7) is 2.07. The molecule has 3 rings (SSSR count). The first-order valence-corrected chi connectivity index (χ1v) is 9.28. The number of nitrogens with zero attached hydrogens (tertiary/aromatic N) is 1. The van der Waals surface area contributed by atoms with Crippen LogP contribution in [0.3, 0.4) is 0 Å². The van der Waals surface area contributed by atoms with Gasteiger partial charge in [-0.2, -0.15) is 5.26 Å². The van der Waals surface area contributed by atoms with E-state index in [2.05, 4.69) is 27.8 Å². The van der Waals surface area contributed by atoms with Crippen molar-refractivity contribution in [2.24, 2.45) is 0 Å². The maximum atomic E-state index is 12.4. The quantitative estimate of drug-likeness (QED) is 0.654. The predicted molar refractivity (Wildman–Crippen MR) is 104 cm³/mol. The molecule has 0 unspecified atom stereocenters. The van der Waals surface area contributed by atoms with E-state index in [1.165, 1.54) is 4.88 Å². The lowest BCUT2D eigenvalue weighted by Gasteiger charge is -2.08. The first-order chi connectivity index (χ1) is 12.1. The lowest BCUT2D eigenvalue weighted by molar-refractivity contribution is 0.415. The molecule has 0 radical (unpaired) electrons. The van der Waals surface area contributed by atoms with Gasteiger partial charge in [0.1, 0.15) is 17.4 Å². The number of pyridine rings is 1. The molecule has 1 N–H and O–H groups in total. The number of aryl methyl sites for hydroxylation is 1. The molecule has 0 atom stereocenters. The van der Waals surface area contributed by atoms with Crippen molar-refractivity contribution in [2.75, 3.05) is 7.11 Å². The topological polar surface area (TPSA) is 65.9 Å². The van der Waals surface area contributed by atoms with Gasteiger partial charge in [-0.3, -0.25) is 4.79 Å². The lowest BCUT2D eigenvalue weighted by Crippen LogP contribution is -2.12. The second kappa shape index (κ2) is 7.26. The standard InChI is InChI=1S/C19H15BrN2O2S/c1-3-17-15(20)9-18(25-17)13-8-16(22-19(23)14(13)10-21)11-5-4-6-12(7-11)24-2/h4-9H,3H2,1-2H3,(H,22,23). The smallest absolute Gasteiger partial charge is 0.267 e. The number of methoxy groups -OCH3 is 1. The Hall–Kier alpha value is -2.36. The first-order valence-electron chi connectivity index (χ1n) is 7.67. The van der Waals surface area contributed by atoms with Crippen molar-refractivity contribution in [1.82, 2.24) is 4.98 Å². The number of benzene rings is 1. The number of ether oxygens (including phenoxy) is 1. The second-order valence-electron chi connectivity index (χ2n) is 5.38. The fourth-order valence-electron chi connectivity index (χ4n) is 2.59. The Morgan fingerprint density at radius 3 is 2.76 bits per heavy atom. The molecule has 0 bridgehead atoms. The average Bonchev–Trinajstić information content (AvgIpc) is 3.01. The van der Waals surface area contributed by atoms with Gasteiger partial charge in [-0.05, 0) is 46.6 Å². The SMILES string of the molecule is CCc1sc(-c2cc(-c3cccc(OC)c3)[nH]c(=O)c2C#N)cc1Br. The molecule has 0 spiro atoms. The molecule has 25 heavy (non-hydrogen) atoms. The van der Waals surface area contributed by atoms with E-state index < -0.39 is 0 Å². The van der Waals surface area contributed by atoms with E-state index in [0.29, 0.717) is 17.0 Å². The van der Waals surface area contributed by atoms with Gasteiger partial charge >= 0.3 is 0 Å². The van der Waals surface area contributed by atoms with Crippen molar-refractivity contribution in [1.29, 1.82) is 5.26 Å². The van der Waals surface area contributed by atoms with E-state index in [-0.39, 0.29) is 11.1 Å². The predicted octanol–water partition coefficient (Wildman–Crippen LogP) is 4.98. The van der Waals surface area contributed by atoms with Crippen LogP contribution < -0.4 is 10.3 Å². The molecule has 0 saturated carbocycles. The Kier molecular flexibility index (Phi) is 5.07. The Morgan fingerprint density at radius 2 is 2.12 bits per heavy atom. The molecular weight excluding hydrogens is 400 g/mol. The summed E-state index contributed by atoms with van der Waals surface area (Å²) in [4.78, 5) is 17.3. The van der Waals surface area contributed by atoms with Crippen LogP contribution in [0.4, 0.5) is 0 Å². The summed E-state index contributed by atoms with van der Waals surface area (Å²) in [6.07, 6.45) is 0.888. The Labute approximate surface area is 157 Å². The summed E-state index contributed by atoms with van der Waals surface area (Å²) >= 11 is 5.13. The van der Waals surface area contributed by atoms with E-state index in [0.717, 1.165) is 21.3 Å². The number of nitriles is 1. The number of hydrogen-bond donors (Lipinski definition) is 1. The van der Waals surface area contributed by atoms with Crippen molar-refractivity contribution in [3.63, 3.8) is 0 Å². The molecule has 3 aromatic rings. The van der Waals surface area contributed by atoms with Crippen LogP contribution in [-0.4, -0.2) is 12.1 Å². The van der Waals surface area contributed by atoms with Crippen LogP contribution in [0, 0.1) is 11.3 Å². The summed E-state index contributed by atoms with van der Waals surface area (Å²) in [5.74, 6) is 0.705. The molecular formula is C19H15BrN2O2S. The van der Waals surface area contributed by atoms with Crippen LogP contribution in [-0.2, 0) is 6.42 Å². The normalized spacial score (nSPS) is 10.5. The van der Waals surface area contributed by atoms with E-state index >= 15 is 0 Å². The minimum absolute atomic E-state index is 0.128. The molecule has 0 saturated heterocycles. The molecule has 2 aromatic heterocycles. The number of rotatable bonds is 4. The van der Waals surface area contributed by atoms with Gasteiger partial charge in [0.25, 0.3) is 5.56 Å². The highest BCUT2D eigenvalue weighted by molar-refractivity contribution is 9.10. The zero-order chi connectivity index (χ0) is 18.0. The highest BCUT2D eigenvalue weighted by atomic mass is 79.9. The number of halogens is 1. The van der Waals surface area contributed by atoms with Crippen LogP contribution in [0.15, 0.2) is 45.7 Å². The monoisotopic (exact) mass is 414 g/mol. The van der Waals surface area contributed by atoms with E-state index in [1.54, 1.807) is 18.4 Å². The molecule has 2 heterocycles. The maximum absolute atomic E-state index is 12.4. The van der Waals surface area contributed by atoms with Crippen LogP contribution >= 0.6 is 27.3 Å². The molecule has 6 heteroatoms. The summed E-state index contributed by atoms with van der Waals surface area (Å²) in [7, 11) is 1.60. The fourth-order valence-corrected chi connectivity index (χ4v) is 4.51. The van der Waals surface area contributed by atoms with Gasteiger partial charge in [0.05, 0.1) is 7.11 Å². The van der Waals surface area contributed by atoms with Gasteiger partial charge in [-0.25, -0.2) is 0 Å². The number of aromatic amines is 1. The third-order valence-corrected chi connectivity index (χ3v) is 6.15. The van der Waals surface area contributed by atoms with Crippen LogP contribution in [0.25, 0.3) is 21.7 Å². The first kappa shape index (κ1) is 17.5. The number of thiophene rings is 1. The summed E-state index contributed by atoms with van der Waals surface area (Å²) in [5, 5.41) is 9.44. The van der Waals surface area contributed by atoms with Crippen molar-refractivity contribution in [3.8, 4) is 33.5 Å². The largest absolute Gasteiger partial charge is 0.497 e. The van der Waals surface area contributed by atoms with E-state index in [1.807, 2.05) is 42.5 Å². The molecule has 4 nitrogen and oxygen atoms in total. The number of aromatic nitrogens is 1. The molecule has 0 aliphatic carbocycles. The summed E-state index contributed by atoms with van der Waals surface area (Å²) in [6, 6.07) is 13.3. The zero-order valence-corrected chi connectivity index (χ0v) is 16.1. The van der Waals surface area contributed by atoms with Gasteiger partial charge in [0.15, 0.2) is 0 Å². The summed E-state index contributed by atoms with van der Waals surface area (Å²) in [5.41, 5.74) is 1.87. The van der Waals surface area contributed by atoms with Gasteiger partial charge in [-0.1, -0.05) is 19.1 Å². The van der Waals surface area contributed by atoms with Gasteiger partial charge in [-0.15, -0.1) is 11.3 Å². The minimum Gasteiger partial charge on any atom is -0.497 e. The molecule has 0 amide bonds. The Bertz CT molecular complexity index is 1030. The zero-order valence-electron chi connectivity index (χ0n) is 13.7. The van der Waals surface area contributed by atoms with Crippen LogP contribution in [0.1, 0.15) is 17.4 Å². The third kappa shape index (κ3) is 3.39. The Morgan fingerprint density at radius 1 is 1.32 bits per heavy atom. The molecule has 0 aliphatic rings. The molecule has 1 aromatic carbocycles. The fraction of sp³-hybridized carbons (Fsp3) is 0.158. The van der Waals surface area contributed by atoms with Crippen molar-refractivity contribution in [3.05, 3.63) is 61.7 Å². The third-order valence-electron chi connectivity index (χ3n) is 3.87. The van der Waals surface area contributed by atoms with Gasteiger partial charge < -0.3 is 9.72 Å². The van der Waals surface area contributed by atoms with Crippen molar-refractivity contribution < 1.29 is 4.74 Å². The Balaban J connectivity index is 2.22. The van der Waals surface area contributed by atoms with Gasteiger partial charge in [0, 0.05) is 31.0 Å². The van der Waals surface area contributed by atoms with Crippen LogP contribution in [0.2, 0.25) is 0 Å². The second-order valence-corrected chi connectivity index (χ2v) is 7.37.